The average Bonchev–Trinajstić information content (AvgIpc) is 2.35. The number of nitrogens with zero attached hydrogens (tertiary/aromatic N) is 1. The van der Waals surface area contributed by atoms with Gasteiger partial charge in [0, 0.05) is 16.6 Å². The van der Waals surface area contributed by atoms with Crippen molar-refractivity contribution in [2.45, 2.75) is 32.4 Å². The summed E-state index contributed by atoms with van der Waals surface area (Å²) in [7, 11) is 1.85. The lowest BCUT2D eigenvalue weighted by Crippen LogP contribution is -2.42. The van der Waals surface area contributed by atoms with Crippen molar-refractivity contribution in [2.24, 2.45) is 5.73 Å². The molecule has 5 heteroatoms. The molecule has 1 aromatic rings. The number of nitrogens with two attached hydrogens (primary N) is 1. The summed E-state index contributed by atoms with van der Waals surface area (Å²) in [5, 5.41) is 0. The van der Waals surface area contributed by atoms with Crippen LogP contribution in [0.15, 0.2) is 22.7 Å². The zero-order valence-corrected chi connectivity index (χ0v) is 12.8. The van der Waals surface area contributed by atoms with Crippen molar-refractivity contribution in [3.63, 3.8) is 0 Å². The lowest BCUT2D eigenvalue weighted by Gasteiger charge is -2.25. The maximum atomic E-state index is 11.4. The van der Waals surface area contributed by atoms with Crippen LogP contribution in [0.4, 0.5) is 0 Å². The van der Waals surface area contributed by atoms with E-state index in [9.17, 15) is 9.59 Å². The van der Waals surface area contributed by atoms with E-state index in [1.54, 1.807) is 0 Å². The number of rotatable bonds is 7. The Morgan fingerprint density at radius 1 is 1.53 bits per heavy atom. The van der Waals surface area contributed by atoms with E-state index >= 15 is 0 Å². The molecule has 1 amide bonds. The molecule has 4 nitrogen and oxygen atoms in total. The Morgan fingerprint density at radius 3 is 2.74 bits per heavy atom. The van der Waals surface area contributed by atoms with Crippen molar-refractivity contribution < 1.29 is 9.59 Å². The highest BCUT2D eigenvalue weighted by Gasteiger charge is 2.20. The largest absolute Gasteiger partial charge is 0.368 e. The van der Waals surface area contributed by atoms with E-state index in [0.717, 1.165) is 29.2 Å². The molecule has 0 spiro atoms. The fourth-order valence-corrected chi connectivity index (χ4v) is 2.58. The van der Waals surface area contributed by atoms with Gasteiger partial charge in [0.1, 0.15) is 0 Å². The van der Waals surface area contributed by atoms with E-state index in [0.29, 0.717) is 12.1 Å². The highest BCUT2D eigenvalue weighted by atomic mass is 79.9. The Kier molecular flexibility index (Phi) is 6.18. The van der Waals surface area contributed by atoms with Crippen LogP contribution in [0.3, 0.4) is 0 Å². The summed E-state index contributed by atoms with van der Waals surface area (Å²) in [6.45, 7) is 2.53. The second-order valence-corrected chi connectivity index (χ2v) is 5.41. The maximum Gasteiger partial charge on any atom is 0.234 e. The van der Waals surface area contributed by atoms with E-state index in [2.05, 4.69) is 15.9 Å². The van der Waals surface area contributed by atoms with Crippen LogP contribution < -0.4 is 5.73 Å². The average molecular weight is 327 g/mol. The Hall–Kier alpha value is -1.20. The van der Waals surface area contributed by atoms with Crippen LogP contribution in [0.2, 0.25) is 0 Å². The van der Waals surface area contributed by atoms with Crippen molar-refractivity contribution in [3.8, 4) is 0 Å². The summed E-state index contributed by atoms with van der Waals surface area (Å²) in [6, 6.07) is 5.28. The Morgan fingerprint density at radius 2 is 2.21 bits per heavy atom. The topological polar surface area (TPSA) is 63.4 Å². The van der Waals surface area contributed by atoms with Crippen LogP contribution in [0.25, 0.3) is 0 Å². The Balaban J connectivity index is 2.92. The van der Waals surface area contributed by atoms with Crippen molar-refractivity contribution in [1.29, 1.82) is 0 Å². The quantitative estimate of drug-likeness (QED) is 0.782. The molecule has 104 valence electrons. The molecule has 2 N–H and O–H groups in total. The van der Waals surface area contributed by atoms with Crippen molar-refractivity contribution in [3.05, 3.63) is 33.8 Å². The van der Waals surface area contributed by atoms with Gasteiger partial charge in [-0.1, -0.05) is 41.4 Å². The number of primary amides is 1. The van der Waals surface area contributed by atoms with Gasteiger partial charge in [-0.25, -0.2) is 0 Å². The van der Waals surface area contributed by atoms with Gasteiger partial charge in [0.15, 0.2) is 6.29 Å². The zero-order chi connectivity index (χ0) is 14.4. The third-order valence-electron chi connectivity index (χ3n) is 3.10. The molecule has 1 atom stereocenters. The maximum absolute atomic E-state index is 11.4. The van der Waals surface area contributed by atoms with E-state index < -0.39 is 0 Å². The summed E-state index contributed by atoms with van der Waals surface area (Å²) in [5.41, 5.74) is 6.92. The molecule has 0 aromatic heterocycles. The molecule has 1 aromatic carbocycles. The molecule has 0 fully saturated rings. The molecular weight excluding hydrogens is 308 g/mol. The molecule has 0 aliphatic rings. The van der Waals surface area contributed by atoms with Gasteiger partial charge in [-0.3, -0.25) is 14.5 Å². The summed E-state index contributed by atoms with van der Waals surface area (Å²) in [5.74, 6) is -0.327. The van der Waals surface area contributed by atoms with Gasteiger partial charge in [-0.05, 0) is 25.1 Å². The van der Waals surface area contributed by atoms with Gasteiger partial charge in [-0.2, -0.15) is 0 Å². The van der Waals surface area contributed by atoms with Gasteiger partial charge in [0.05, 0.1) is 6.04 Å². The summed E-state index contributed by atoms with van der Waals surface area (Å²) >= 11 is 3.35. The zero-order valence-electron chi connectivity index (χ0n) is 11.2. The van der Waals surface area contributed by atoms with Crippen molar-refractivity contribution >= 4 is 28.1 Å². The number of amides is 1. The fraction of sp³-hybridized carbons (Fsp3) is 0.429. The van der Waals surface area contributed by atoms with Crippen LogP contribution in [-0.4, -0.2) is 30.2 Å². The minimum atomic E-state index is -0.327. The van der Waals surface area contributed by atoms with Crippen LogP contribution in [0.1, 0.15) is 35.7 Å². The lowest BCUT2D eigenvalue weighted by molar-refractivity contribution is -0.123. The number of likely N-dealkylation sites (N-methyl/N-ethyl adjacent to an activating group) is 1. The molecule has 1 unspecified atom stereocenters. The standard InChI is InChI=1S/C14H19BrN2O2/c1-3-5-13(14(16)19)17(2)8-10-6-4-7-12(15)11(10)9-18/h4,6-7,9,13H,3,5,8H2,1-2H3,(H2,16,19). The summed E-state index contributed by atoms with van der Waals surface area (Å²) in [4.78, 5) is 24.5. The molecule has 0 saturated heterocycles. The van der Waals surface area contributed by atoms with Crippen LogP contribution in [0, 0.1) is 0 Å². The molecule has 0 bridgehead atoms. The predicted molar refractivity (Wildman–Crippen MR) is 78.9 cm³/mol. The van der Waals surface area contributed by atoms with E-state index in [4.69, 9.17) is 5.73 Å². The molecule has 19 heavy (non-hydrogen) atoms. The Labute approximate surface area is 122 Å². The Bertz CT molecular complexity index is 463. The normalized spacial score (nSPS) is 12.4. The van der Waals surface area contributed by atoms with E-state index in [1.807, 2.05) is 37.1 Å². The first-order valence-electron chi connectivity index (χ1n) is 6.23. The van der Waals surface area contributed by atoms with E-state index in [1.165, 1.54) is 0 Å². The molecule has 0 aliphatic heterocycles. The van der Waals surface area contributed by atoms with Gasteiger partial charge >= 0.3 is 0 Å². The third-order valence-corrected chi connectivity index (χ3v) is 3.79. The number of carbonyl (C=O) groups excluding carboxylic acids is 2. The predicted octanol–water partition coefficient (Wildman–Crippen LogP) is 2.35. The number of aldehydes is 1. The third kappa shape index (κ3) is 4.14. The number of benzene rings is 1. The van der Waals surface area contributed by atoms with Gasteiger partial charge < -0.3 is 5.73 Å². The monoisotopic (exact) mass is 326 g/mol. The van der Waals surface area contributed by atoms with Gasteiger partial charge in [0.2, 0.25) is 5.91 Å². The number of carbonyl (C=O) groups is 2. The van der Waals surface area contributed by atoms with Crippen LogP contribution in [0.5, 0.6) is 0 Å². The van der Waals surface area contributed by atoms with Crippen molar-refractivity contribution in [2.75, 3.05) is 7.05 Å². The minimum Gasteiger partial charge on any atom is -0.368 e. The summed E-state index contributed by atoms with van der Waals surface area (Å²) < 4.78 is 0.763. The van der Waals surface area contributed by atoms with Crippen LogP contribution in [-0.2, 0) is 11.3 Å². The first kappa shape index (κ1) is 15.9. The minimum absolute atomic E-state index is 0.302. The second kappa shape index (κ2) is 7.40. The fourth-order valence-electron chi connectivity index (χ4n) is 2.08. The molecule has 0 saturated carbocycles. The molecule has 0 aliphatic carbocycles. The smallest absolute Gasteiger partial charge is 0.234 e. The molecular formula is C14H19BrN2O2. The number of hydrogen-bond donors (Lipinski definition) is 1. The van der Waals surface area contributed by atoms with Crippen LogP contribution >= 0.6 is 15.9 Å². The second-order valence-electron chi connectivity index (χ2n) is 4.55. The van der Waals surface area contributed by atoms with Gasteiger partial charge in [0.25, 0.3) is 0 Å². The van der Waals surface area contributed by atoms with Gasteiger partial charge in [-0.15, -0.1) is 0 Å². The molecule has 0 heterocycles. The number of hydrogen-bond acceptors (Lipinski definition) is 3. The summed E-state index contributed by atoms with van der Waals surface area (Å²) in [6.07, 6.45) is 2.43. The first-order chi connectivity index (χ1) is 9.01. The lowest BCUT2D eigenvalue weighted by atomic mass is 10.1. The first-order valence-corrected chi connectivity index (χ1v) is 7.02. The van der Waals surface area contributed by atoms with Crippen molar-refractivity contribution in [1.82, 2.24) is 4.90 Å². The number of halogens is 1. The highest BCUT2D eigenvalue weighted by Crippen LogP contribution is 2.21. The molecule has 0 radical (unpaired) electrons. The molecule has 1 rings (SSSR count). The highest BCUT2D eigenvalue weighted by molar-refractivity contribution is 9.10. The SMILES string of the molecule is CCCC(C(N)=O)N(C)Cc1cccc(Br)c1C=O. The van der Waals surface area contributed by atoms with E-state index in [-0.39, 0.29) is 11.9 Å².